The SMILES string of the molecule is NCCc1noc(-c2cc(F)ccc2[N+](=O)[O-])n1. The second-order valence-electron chi connectivity index (χ2n) is 3.47. The highest BCUT2D eigenvalue weighted by molar-refractivity contribution is 5.66. The Morgan fingerprint density at radius 2 is 2.28 bits per heavy atom. The topological polar surface area (TPSA) is 108 Å². The van der Waals surface area contributed by atoms with Gasteiger partial charge in [0.1, 0.15) is 11.4 Å². The van der Waals surface area contributed by atoms with Crippen LogP contribution in [0.3, 0.4) is 0 Å². The van der Waals surface area contributed by atoms with Crippen LogP contribution in [0.4, 0.5) is 10.1 Å². The summed E-state index contributed by atoms with van der Waals surface area (Å²) in [6.45, 7) is 0.324. The molecule has 0 saturated heterocycles. The van der Waals surface area contributed by atoms with Gasteiger partial charge >= 0.3 is 0 Å². The van der Waals surface area contributed by atoms with E-state index in [0.29, 0.717) is 18.8 Å². The third kappa shape index (κ3) is 2.33. The summed E-state index contributed by atoms with van der Waals surface area (Å²) in [5.74, 6) is -0.384. The largest absolute Gasteiger partial charge is 0.334 e. The minimum absolute atomic E-state index is 0.0456. The van der Waals surface area contributed by atoms with Gasteiger partial charge in [0.25, 0.3) is 11.6 Å². The van der Waals surface area contributed by atoms with E-state index in [2.05, 4.69) is 10.1 Å². The molecule has 2 rings (SSSR count). The highest BCUT2D eigenvalue weighted by Crippen LogP contribution is 2.29. The summed E-state index contributed by atoms with van der Waals surface area (Å²) in [6.07, 6.45) is 0.382. The van der Waals surface area contributed by atoms with Crippen molar-refractivity contribution in [3.8, 4) is 11.5 Å². The maximum Gasteiger partial charge on any atom is 0.282 e. The van der Waals surface area contributed by atoms with Crippen molar-refractivity contribution in [2.24, 2.45) is 5.73 Å². The Morgan fingerprint density at radius 1 is 1.50 bits per heavy atom. The molecule has 0 atom stereocenters. The summed E-state index contributed by atoms with van der Waals surface area (Å²) >= 11 is 0. The minimum Gasteiger partial charge on any atom is -0.334 e. The Hall–Kier alpha value is -2.35. The molecule has 18 heavy (non-hydrogen) atoms. The van der Waals surface area contributed by atoms with Crippen LogP contribution in [0.25, 0.3) is 11.5 Å². The summed E-state index contributed by atoms with van der Waals surface area (Å²) in [4.78, 5) is 14.1. The van der Waals surface area contributed by atoms with Crippen LogP contribution < -0.4 is 5.73 Å². The van der Waals surface area contributed by atoms with Crippen LogP contribution in [-0.4, -0.2) is 21.6 Å². The molecule has 1 heterocycles. The van der Waals surface area contributed by atoms with Gasteiger partial charge in [-0.1, -0.05) is 5.16 Å². The lowest BCUT2D eigenvalue weighted by Gasteiger charge is -1.97. The zero-order valence-electron chi connectivity index (χ0n) is 9.17. The summed E-state index contributed by atoms with van der Waals surface area (Å²) in [5.41, 5.74) is 4.98. The van der Waals surface area contributed by atoms with Crippen molar-refractivity contribution in [3.63, 3.8) is 0 Å². The number of halogens is 1. The maximum absolute atomic E-state index is 13.1. The fourth-order valence-electron chi connectivity index (χ4n) is 1.43. The van der Waals surface area contributed by atoms with Gasteiger partial charge in [-0.3, -0.25) is 10.1 Å². The number of nitro benzene ring substituents is 1. The number of nitro groups is 1. The highest BCUT2D eigenvalue weighted by atomic mass is 19.1. The summed E-state index contributed by atoms with van der Waals surface area (Å²) in [7, 11) is 0. The monoisotopic (exact) mass is 252 g/mol. The van der Waals surface area contributed by atoms with Crippen molar-refractivity contribution in [2.75, 3.05) is 6.54 Å². The Labute approximate surface area is 101 Å². The Bertz CT molecular complexity index is 584. The van der Waals surface area contributed by atoms with Crippen molar-refractivity contribution in [1.29, 1.82) is 0 Å². The van der Waals surface area contributed by atoms with Crippen molar-refractivity contribution in [3.05, 3.63) is 40.0 Å². The van der Waals surface area contributed by atoms with Crippen LogP contribution in [0.5, 0.6) is 0 Å². The minimum atomic E-state index is -0.637. The molecule has 0 fully saturated rings. The molecule has 0 saturated carbocycles. The molecule has 7 nitrogen and oxygen atoms in total. The molecule has 0 aliphatic rings. The molecule has 1 aromatic heterocycles. The van der Waals surface area contributed by atoms with Crippen molar-refractivity contribution < 1.29 is 13.8 Å². The molecule has 2 aromatic rings. The zero-order chi connectivity index (χ0) is 13.1. The molecule has 0 unspecified atom stereocenters. The smallest absolute Gasteiger partial charge is 0.282 e. The van der Waals surface area contributed by atoms with Crippen molar-refractivity contribution in [1.82, 2.24) is 10.1 Å². The maximum atomic E-state index is 13.1. The molecule has 94 valence electrons. The van der Waals surface area contributed by atoms with Gasteiger partial charge < -0.3 is 10.3 Å². The molecule has 1 aromatic carbocycles. The molecule has 0 aliphatic heterocycles. The Kier molecular flexibility index (Phi) is 3.28. The summed E-state index contributed by atoms with van der Waals surface area (Å²) in [6, 6.07) is 3.04. The highest BCUT2D eigenvalue weighted by Gasteiger charge is 2.21. The predicted octanol–water partition coefficient (Wildman–Crippen LogP) is 1.29. The van der Waals surface area contributed by atoms with E-state index in [1.165, 1.54) is 0 Å². The van der Waals surface area contributed by atoms with E-state index in [1.807, 2.05) is 0 Å². The average molecular weight is 252 g/mol. The van der Waals surface area contributed by atoms with Gasteiger partial charge in [-0.2, -0.15) is 4.98 Å². The fourth-order valence-corrected chi connectivity index (χ4v) is 1.43. The van der Waals surface area contributed by atoms with Crippen LogP contribution in [0.1, 0.15) is 5.82 Å². The normalized spacial score (nSPS) is 10.6. The lowest BCUT2D eigenvalue weighted by molar-refractivity contribution is -0.384. The van der Waals surface area contributed by atoms with E-state index in [1.54, 1.807) is 0 Å². The van der Waals surface area contributed by atoms with Gasteiger partial charge in [0, 0.05) is 12.5 Å². The quantitative estimate of drug-likeness (QED) is 0.648. The predicted molar refractivity (Wildman–Crippen MR) is 59.1 cm³/mol. The van der Waals surface area contributed by atoms with Crippen molar-refractivity contribution >= 4 is 5.69 Å². The molecule has 0 bridgehead atoms. The van der Waals surface area contributed by atoms with E-state index in [9.17, 15) is 14.5 Å². The molecule has 0 spiro atoms. The standard InChI is InChI=1S/C10H9FN4O3/c11-6-1-2-8(15(16)17)7(5-6)10-13-9(3-4-12)14-18-10/h1-2,5H,3-4,12H2. The van der Waals surface area contributed by atoms with Crippen LogP contribution in [0, 0.1) is 15.9 Å². The van der Waals surface area contributed by atoms with Gasteiger partial charge in [0.2, 0.25) is 0 Å². The molecule has 2 N–H and O–H groups in total. The number of hydrogen-bond acceptors (Lipinski definition) is 6. The number of rotatable bonds is 4. The lowest BCUT2D eigenvalue weighted by atomic mass is 10.2. The second-order valence-corrected chi connectivity index (χ2v) is 3.47. The van der Waals surface area contributed by atoms with Gasteiger partial charge in [-0.25, -0.2) is 4.39 Å². The molecular formula is C10H9FN4O3. The molecular weight excluding hydrogens is 243 g/mol. The first-order valence-electron chi connectivity index (χ1n) is 5.09. The molecule has 0 aliphatic carbocycles. The van der Waals surface area contributed by atoms with E-state index in [0.717, 1.165) is 18.2 Å². The second kappa shape index (κ2) is 4.88. The Morgan fingerprint density at radius 3 is 2.94 bits per heavy atom. The van der Waals surface area contributed by atoms with Crippen LogP contribution in [0.2, 0.25) is 0 Å². The van der Waals surface area contributed by atoms with Crippen LogP contribution in [0.15, 0.2) is 22.7 Å². The number of hydrogen-bond donors (Lipinski definition) is 1. The number of nitrogens with zero attached hydrogens (tertiary/aromatic N) is 3. The number of aromatic nitrogens is 2. The number of benzene rings is 1. The first-order chi connectivity index (χ1) is 8.61. The summed E-state index contributed by atoms with van der Waals surface area (Å²) in [5, 5.41) is 14.4. The average Bonchev–Trinajstić information content (AvgIpc) is 2.77. The number of nitrogens with two attached hydrogens (primary N) is 1. The molecule has 0 amide bonds. The first kappa shape index (κ1) is 12.1. The van der Waals surface area contributed by atoms with Crippen LogP contribution in [-0.2, 0) is 6.42 Å². The van der Waals surface area contributed by atoms with Crippen molar-refractivity contribution in [2.45, 2.75) is 6.42 Å². The Balaban J connectivity index is 2.47. The van der Waals surface area contributed by atoms with Gasteiger partial charge in [-0.15, -0.1) is 0 Å². The fraction of sp³-hybridized carbons (Fsp3) is 0.200. The van der Waals surface area contributed by atoms with Gasteiger partial charge in [0.15, 0.2) is 5.82 Å². The van der Waals surface area contributed by atoms with E-state index in [4.69, 9.17) is 10.3 Å². The molecule has 0 radical (unpaired) electrons. The van der Waals surface area contributed by atoms with E-state index >= 15 is 0 Å². The lowest BCUT2D eigenvalue weighted by Crippen LogP contribution is -2.03. The molecule has 8 heteroatoms. The van der Waals surface area contributed by atoms with Crippen LogP contribution >= 0.6 is 0 Å². The summed E-state index contributed by atoms with van der Waals surface area (Å²) < 4.78 is 18.0. The first-order valence-corrected chi connectivity index (χ1v) is 5.09. The van der Waals surface area contributed by atoms with E-state index in [-0.39, 0.29) is 17.1 Å². The van der Waals surface area contributed by atoms with Gasteiger partial charge in [0.05, 0.1) is 4.92 Å². The third-order valence-corrected chi connectivity index (χ3v) is 2.22. The third-order valence-electron chi connectivity index (χ3n) is 2.22. The van der Waals surface area contributed by atoms with E-state index < -0.39 is 10.7 Å². The zero-order valence-corrected chi connectivity index (χ0v) is 9.17. The van der Waals surface area contributed by atoms with Gasteiger partial charge in [-0.05, 0) is 18.7 Å².